The molecule has 0 spiro atoms. The average Bonchev–Trinajstić information content (AvgIpc) is 2.98. The van der Waals surface area contributed by atoms with Gasteiger partial charge in [-0.15, -0.1) is 6.42 Å². The summed E-state index contributed by atoms with van der Waals surface area (Å²) in [7, 11) is 1.62. The van der Waals surface area contributed by atoms with Crippen molar-refractivity contribution in [3.8, 4) is 18.1 Å². The molecule has 0 saturated heterocycles. The minimum absolute atomic E-state index is 0.177. The molecule has 0 saturated carbocycles. The highest BCUT2D eigenvalue weighted by atomic mass is 35.5. The van der Waals surface area contributed by atoms with E-state index in [-0.39, 0.29) is 18.9 Å². The summed E-state index contributed by atoms with van der Waals surface area (Å²) in [6, 6.07) is 9.04. The second kappa shape index (κ2) is 8.18. The first kappa shape index (κ1) is 19.5. The molecular formula is C20H16Cl2N2O2S. The van der Waals surface area contributed by atoms with Crippen LogP contribution in [0.1, 0.15) is 11.1 Å². The van der Waals surface area contributed by atoms with Crippen LogP contribution in [0.3, 0.4) is 0 Å². The van der Waals surface area contributed by atoms with Gasteiger partial charge in [0.05, 0.1) is 40.3 Å². The molecule has 0 fully saturated rings. The normalized spacial score (nSPS) is 11.6. The Morgan fingerprint density at radius 3 is 2.70 bits per heavy atom. The first-order chi connectivity index (χ1) is 12.9. The second-order valence-electron chi connectivity index (χ2n) is 5.87. The number of halogens is 2. The number of rotatable bonds is 4. The molecule has 7 heteroatoms. The second-order valence-corrected chi connectivity index (χ2v) is 7.66. The molecule has 27 heavy (non-hydrogen) atoms. The third-order valence-corrected chi connectivity index (χ3v) is 5.86. The summed E-state index contributed by atoms with van der Waals surface area (Å²) in [6.45, 7) is 2.18. The van der Waals surface area contributed by atoms with Crippen molar-refractivity contribution in [2.75, 3.05) is 7.11 Å². The molecule has 3 rings (SSSR count). The number of ether oxygens (including phenoxy) is 1. The molecule has 0 aliphatic carbocycles. The summed E-state index contributed by atoms with van der Waals surface area (Å²) in [4.78, 5) is 17.3. The molecule has 4 nitrogen and oxygen atoms in total. The summed E-state index contributed by atoms with van der Waals surface area (Å²) >= 11 is 13.9. The molecule has 0 N–H and O–H groups in total. The number of nitrogens with zero attached hydrogens (tertiary/aromatic N) is 2. The maximum absolute atomic E-state index is 12.5. The lowest BCUT2D eigenvalue weighted by molar-refractivity contribution is -0.117. The lowest BCUT2D eigenvalue weighted by Gasteiger charge is -2.06. The molecule has 0 unspecified atom stereocenters. The van der Waals surface area contributed by atoms with Gasteiger partial charge in [-0.1, -0.05) is 52.6 Å². The van der Waals surface area contributed by atoms with Crippen LogP contribution in [0.2, 0.25) is 10.0 Å². The summed E-state index contributed by atoms with van der Waals surface area (Å²) in [5, 5.41) is 1.06. The van der Waals surface area contributed by atoms with Crippen LogP contribution in [0.4, 0.5) is 0 Å². The number of hydrogen-bond acceptors (Lipinski definition) is 3. The van der Waals surface area contributed by atoms with Gasteiger partial charge in [0, 0.05) is 0 Å². The van der Waals surface area contributed by atoms with Crippen LogP contribution in [-0.2, 0) is 17.8 Å². The smallest absolute Gasteiger partial charge is 0.252 e. The van der Waals surface area contributed by atoms with Crippen LogP contribution in [0.25, 0.3) is 10.2 Å². The van der Waals surface area contributed by atoms with Gasteiger partial charge in [-0.2, -0.15) is 4.99 Å². The molecule has 0 bridgehead atoms. The van der Waals surface area contributed by atoms with Gasteiger partial charge >= 0.3 is 0 Å². The Balaban J connectivity index is 2.02. The molecular weight excluding hydrogens is 403 g/mol. The number of carbonyl (C=O) groups excluding carboxylic acids is 1. The van der Waals surface area contributed by atoms with Gasteiger partial charge in [0.15, 0.2) is 4.80 Å². The van der Waals surface area contributed by atoms with Gasteiger partial charge in [-0.25, -0.2) is 0 Å². The predicted molar refractivity (Wildman–Crippen MR) is 111 cm³/mol. The maximum atomic E-state index is 12.5. The molecule has 2 aromatic carbocycles. The first-order valence-electron chi connectivity index (χ1n) is 8.06. The molecule has 1 heterocycles. The standard InChI is InChI=1S/C20H16Cl2N2O2S/c1-4-9-24-18-14(21)6-7-15(22)19(18)27-20(24)23-17(25)11-13-5-8-16(26-3)12(2)10-13/h1,5-8,10H,9,11H2,2-3H3. The Kier molecular flexibility index (Phi) is 5.91. The fourth-order valence-corrected chi connectivity index (χ4v) is 4.47. The van der Waals surface area contributed by atoms with Crippen molar-refractivity contribution in [1.82, 2.24) is 4.57 Å². The fraction of sp³-hybridized carbons (Fsp3) is 0.200. The van der Waals surface area contributed by atoms with Gasteiger partial charge in [0.1, 0.15) is 5.75 Å². The van der Waals surface area contributed by atoms with Crippen molar-refractivity contribution in [1.29, 1.82) is 0 Å². The number of aryl methyl sites for hydroxylation is 1. The monoisotopic (exact) mass is 418 g/mol. The SMILES string of the molecule is C#CCn1c(=NC(=O)Cc2ccc(OC)c(C)c2)sc2c(Cl)ccc(Cl)c21. The molecule has 0 aliphatic rings. The minimum atomic E-state index is -0.274. The van der Waals surface area contributed by atoms with Crippen molar-refractivity contribution in [3.05, 3.63) is 56.3 Å². The van der Waals surface area contributed by atoms with E-state index in [0.29, 0.717) is 20.4 Å². The summed E-state index contributed by atoms with van der Waals surface area (Å²) in [5.74, 6) is 3.08. The molecule has 3 aromatic rings. The van der Waals surface area contributed by atoms with E-state index in [2.05, 4.69) is 10.9 Å². The Morgan fingerprint density at radius 1 is 1.30 bits per heavy atom. The molecule has 0 atom stereocenters. The average molecular weight is 419 g/mol. The highest BCUT2D eigenvalue weighted by Gasteiger charge is 2.13. The van der Waals surface area contributed by atoms with Gasteiger partial charge in [0.2, 0.25) is 0 Å². The van der Waals surface area contributed by atoms with Gasteiger partial charge in [0.25, 0.3) is 5.91 Å². The molecule has 138 valence electrons. The minimum Gasteiger partial charge on any atom is -0.496 e. The van der Waals surface area contributed by atoms with Crippen molar-refractivity contribution in [2.24, 2.45) is 4.99 Å². The third kappa shape index (κ3) is 4.03. The Morgan fingerprint density at radius 2 is 2.04 bits per heavy atom. The van der Waals surface area contributed by atoms with Crippen LogP contribution in [-0.4, -0.2) is 17.6 Å². The number of methoxy groups -OCH3 is 1. The maximum Gasteiger partial charge on any atom is 0.252 e. The van der Waals surface area contributed by atoms with E-state index >= 15 is 0 Å². The summed E-state index contributed by atoms with van der Waals surface area (Å²) < 4.78 is 7.74. The Labute approximate surface area is 171 Å². The van der Waals surface area contributed by atoms with E-state index in [4.69, 9.17) is 34.4 Å². The van der Waals surface area contributed by atoms with Crippen LogP contribution < -0.4 is 9.54 Å². The highest BCUT2D eigenvalue weighted by Crippen LogP contribution is 2.31. The van der Waals surface area contributed by atoms with E-state index in [1.54, 1.807) is 23.8 Å². The largest absolute Gasteiger partial charge is 0.496 e. The van der Waals surface area contributed by atoms with Crippen molar-refractivity contribution >= 4 is 50.7 Å². The zero-order valence-corrected chi connectivity index (χ0v) is 17.1. The lowest BCUT2D eigenvalue weighted by atomic mass is 10.1. The number of thiazole rings is 1. The Hall–Kier alpha value is -2.26. The van der Waals surface area contributed by atoms with E-state index < -0.39 is 0 Å². The van der Waals surface area contributed by atoms with Gasteiger partial charge in [-0.3, -0.25) is 4.79 Å². The number of benzene rings is 2. The van der Waals surface area contributed by atoms with Crippen LogP contribution >= 0.6 is 34.5 Å². The zero-order valence-electron chi connectivity index (χ0n) is 14.8. The summed E-state index contributed by atoms with van der Waals surface area (Å²) in [6.07, 6.45) is 5.66. The summed E-state index contributed by atoms with van der Waals surface area (Å²) in [5.41, 5.74) is 2.52. The number of aromatic nitrogens is 1. The zero-order chi connectivity index (χ0) is 19.6. The number of carbonyl (C=O) groups is 1. The topological polar surface area (TPSA) is 43.6 Å². The molecule has 0 radical (unpaired) electrons. The first-order valence-corrected chi connectivity index (χ1v) is 9.63. The third-order valence-electron chi connectivity index (χ3n) is 4.01. The van der Waals surface area contributed by atoms with Crippen LogP contribution in [0.15, 0.2) is 35.3 Å². The van der Waals surface area contributed by atoms with Crippen molar-refractivity contribution < 1.29 is 9.53 Å². The van der Waals surface area contributed by atoms with Crippen LogP contribution in [0, 0.1) is 19.3 Å². The van der Waals surface area contributed by atoms with Crippen molar-refractivity contribution in [2.45, 2.75) is 19.9 Å². The van der Waals surface area contributed by atoms with E-state index in [0.717, 1.165) is 21.6 Å². The quantitative estimate of drug-likeness (QED) is 0.579. The predicted octanol–water partition coefficient (Wildman–Crippen LogP) is 4.63. The van der Waals surface area contributed by atoms with Crippen molar-refractivity contribution in [3.63, 3.8) is 0 Å². The number of fused-ring (bicyclic) bond motifs is 1. The number of hydrogen-bond donors (Lipinski definition) is 0. The van der Waals surface area contributed by atoms with Gasteiger partial charge < -0.3 is 9.30 Å². The van der Waals surface area contributed by atoms with E-state index in [1.165, 1.54) is 11.3 Å². The van der Waals surface area contributed by atoms with E-state index in [1.807, 2.05) is 25.1 Å². The van der Waals surface area contributed by atoms with Crippen LogP contribution in [0.5, 0.6) is 5.75 Å². The van der Waals surface area contributed by atoms with Gasteiger partial charge in [-0.05, 0) is 36.2 Å². The molecule has 1 amide bonds. The molecule has 0 aliphatic heterocycles. The van der Waals surface area contributed by atoms with E-state index in [9.17, 15) is 4.79 Å². The lowest BCUT2D eigenvalue weighted by Crippen LogP contribution is -2.17. The number of terminal acetylenes is 1. The number of amides is 1. The molecule has 1 aromatic heterocycles. The Bertz CT molecular complexity index is 1140. The fourth-order valence-electron chi connectivity index (χ4n) is 2.81. The highest BCUT2D eigenvalue weighted by molar-refractivity contribution is 7.17.